The Morgan fingerprint density at radius 3 is 1.45 bits per heavy atom. The fraction of sp³-hybridized carbons (Fsp3) is 0.493. The molecule has 2 aliphatic heterocycles. The van der Waals surface area contributed by atoms with Crippen molar-refractivity contribution < 1.29 is 57.5 Å². The van der Waals surface area contributed by atoms with Crippen molar-refractivity contribution in [3.8, 4) is 0 Å². The molecule has 27 heteroatoms. The summed E-state index contributed by atoms with van der Waals surface area (Å²) < 4.78 is 0. The molecule has 17 N–H and O–H groups in total. The normalized spacial score (nSPS) is 24.0. The van der Waals surface area contributed by atoms with Crippen LogP contribution in [0.3, 0.4) is 0 Å². The maximum atomic E-state index is 15.3. The Kier molecular flexibility index (Phi) is 25.8. The van der Waals surface area contributed by atoms with Crippen LogP contribution in [0.15, 0.2) is 91.3 Å². The Morgan fingerprint density at radius 2 is 0.915 bits per heavy atom. The number of nitrogens with two attached hydrogens (primary N) is 3. The number of primary amides is 2. The smallest absolute Gasteiger partial charge is 0.246 e. The molecule has 0 radical (unpaired) electrons. The van der Waals surface area contributed by atoms with Crippen molar-refractivity contribution in [2.75, 3.05) is 13.1 Å². The quantitative estimate of drug-likeness (QED) is 0.0542. The Bertz CT molecular complexity index is 3530. The maximum absolute atomic E-state index is 15.3. The van der Waals surface area contributed by atoms with Crippen molar-refractivity contribution >= 4 is 92.7 Å². The van der Waals surface area contributed by atoms with Crippen LogP contribution in [-0.4, -0.2) is 159 Å². The zero-order valence-electron chi connectivity index (χ0n) is 54.1. The van der Waals surface area contributed by atoms with Gasteiger partial charge >= 0.3 is 0 Å². The summed E-state index contributed by atoms with van der Waals surface area (Å²) >= 11 is 0. The second kappa shape index (κ2) is 33.8. The van der Waals surface area contributed by atoms with E-state index in [0.717, 1.165) is 10.9 Å². The van der Waals surface area contributed by atoms with Gasteiger partial charge < -0.3 is 79.9 Å². The van der Waals surface area contributed by atoms with Gasteiger partial charge in [-0.25, -0.2) is 0 Å². The number of benzene rings is 3. The molecule has 0 bridgehead atoms. The van der Waals surface area contributed by atoms with E-state index in [1.165, 1.54) is 4.90 Å². The Balaban J connectivity index is 1.32. The third-order valence-electron chi connectivity index (χ3n) is 16.8. The lowest BCUT2D eigenvalue weighted by Crippen LogP contribution is -2.62. The number of para-hydroxylation sites is 2. The minimum absolute atomic E-state index is 0.0146. The first-order valence-electron chi connectivity index (χ1n) is 32.2. The summed E-state index contributed by atoms with van der Waals surface area (Å²) in [7, 11) is 0. The van der Waals surface area contributed by atoms with Crippen molar-refractivity contribution in [1.82, 2.24) is 62.7 Å². The summed E-state index contributed by atoms with van der Waals surface area (Å²) in [6.45, 7) is 10.7. The molecule has 0 aliphatic carbocycles. The number of H-pyrrole nitrogens is 2. The van der Waals surface area contributed by atoms with Gasteiger partial charge in [-0.05, 0) is 98.1 Å². The monoisotopic (exact) mass is 1300 g/mol. The van der Waals surface area contributed by atoms with Crippen LogP contribution in [-0.2, 0) is 76.8 Å². The first kappa shape index (κ1) is 71.8. The Morgan fingerprint density at radius 1 is 0.479 bits per heavy atom. The van der Waals surface area contributed by atoms with E-state index < -0.39 is 156 Å². The van der Waals surface area contributed by atoms with E-state index in [-0.39, 0.29) is 76.3 Å². The van der Waals surface area contributed by atoms with Crippen molar-refractivity contribution in [3.05, 3.63) is 108 Å². The molecular formula is C67H91N15O12. The van der Waals surface area contributed by atoms with Gasteiger partial charge in [-0.1, -0.05) is 108 Å². The van der Waals surface area contributed by atoms with Crippen LogP contribution < -0.4 is 65.1 Å². The van der Waals surface area contributed by atoms with E-state index in [2.05, 4.69) is 57.8 Å². The molecule has 3 aromatic carbocycles. The molecule has 2 aromatic heterocycles. The third-order valence-corrected chi connectivity index (χ3v) is 16.8. The van der Waals surface area contributed by atoms with E-state index in [4.69, 9.17) is 17.2 Å². The van der Waals surface area contributed by atoms with Gasteiger partial charge in [-0.3, -0.25) is 57.5 Å². The van der Waals surface area contributed by atoms with Crippen molar-refractivity contribution in [1.29, 1.82) is 0 Å². The SMILES string of the molecule is CC(C)C[C@@H]1NC(=O)[C@@H](Cc2ccccc2)NC(=O)[C@@H]2CCCN2C(=O)[C@H](Cc2c[nH]c3ccccc23)NC(=O)[C@@H](CC(C)C)NC(=O)[C@H](CC(N)=O)NC(=O)[C@H](CCC(N)=O)NC(=O)[C@H](Cc2c[nH]c3ccccc23)NC(=O)[C@H](C(C)C)NC(=O)[C@H](CCCN)NC1=O. The molecule has 0 unspecified atom stereocenters. The molecule has 506 valence electrons. The van der Waals surface area contributed by atoms with Crippen molar-refractivity contribution in [2.45, 2.75) is 179 Å². The molecule has 12 amide bonds. The van der Waals surface area contributed by atoms with Crippen LogP contribution in [0.5, 0.6) is 0 Å². The molecule has 0 saturated carbocycles. The molecule has 7 rings (SSSR count). The number of amides is 12. The van der Waals surface area contributed by atoms with E-state index >= 15 is 4.79 Å². The zero-order valence-corrected chi connectivity index (χ0v) is 54.1. The zero-order chi connectivity index (χ0) is 68.3. The number of aromatic nitrogens is 2. The fourth-order valence-corrected chi connectivity index (χ4v) is 11.9. The van der Waals surface area contributed by atoms with E-state index in [1.807, 2.05) is 38.1 Å². The average Bonchev–Trinajstić information content (AvgIpc) is 1.62. The van der Waals surface area contributed by atoms with Crippen LogP contribution >= 0.6 is 0 Å². The van der Waals surface area contributed by atoms with Gasteiger partial charge in [0, 0.05) is 66.4 Å². The number of nitrogens with zero attached hydrogens (tertiary/aromatic N) is 1. The number of hydrogen-bond donors (Lipinski definition) is 14. The number of nitrogens with one attached hydrogen (secondary N) is 11. The van der Waals surface area contributed by atoms with Gasteiger partial charge in [0.2, 0.25) is 70.9 Å². The molecule has 5 aromatic rings. The maximum Gasteiger partial charge on any atom is 0.246 e. The summed E-state index contributed by atoms with van der Waals surface area (Å²) in [5, 5.41) is 26.0. The highest BCUT2D eigenvalue weighted by Crippen LogP contribution is 2.25. The summed E-state index contributed by atoms with van der Waals surface area (Å²) in [5.74, 6) is -11.6. The second-order valence-electron chi connectivity index (χ2n) is 25.6. The predicted octanol–water partition coefficient (Wildman–Crippen LogP) is 0.673. The second-order valence-corrected chi connectivity index (χ2v) is 25.6. The Hall–Kier alpha value is -9.66. The Labute approximate surface area is 545 Å². The topological polar surface area (TPSA) is 426 Å². The van der Waals surface area contributed by atoms with E-state index in [1.54, 1.807) is 94.7 Å². The number of fused-ring (bicyclic) bond motifs is 3. The van der Waals surface area contributed by atoms with Gasteiger partial charge in [0.15, 0.2) is 0 Å². The average molecular weight is 1300 g/mol. The third kappa shape index (κ3) is 19.9. The molecule has 2 fully saturated rings. The van der Waals surface area contributed by atoms with Gasteiger partial charge in [-0.2, -0.15) is 0 Å². The molecule has 27 nitrogen and oxygen atoms in total. The van der Waals surface area contributed by atoms with Crippen LogP contribution in [0.1, 0.15) is 116 Å². The summed E-state index contributed by atoms with van der Waals surface area (Å²) in [6.07, 6.45) is 1.94. The van der Waals surface area contributed by atoms with E-state index in [9.17, 15) is 52.7 Å². The highest BCUT2D eigenvalue weighted by molar-refractivity contribution is 6.01. The van der Waals surface area contributed by atoms with Crippen molar-refractivity contribution in [2.24, 2.45) is 35.0 Å². The highest BCUT2D eigenvalue weighted by atomic mass is 16.2. The number of hydrogen-bond acceptors (Lipinski definition) is 13. The van der Waals surface area contributed by atoms with Gasteiger partial charge in [0.1, 0.15) is 60.4 Å². The largest absolute Gasteiger partial charge is 0.370 e. The first-order chi connectivity index (χ1) is 44.8. The lowest BCUT2D eigenvalue weighted by atomic mass is 9.98. The van der Waals surface area contributed by atoms with Gasteiger partial charge in [0.25, 0.3) is 0 Å². The van der Waals surface area contributed by atoms with Crippen LogP contribution in [0.2, 0.25) is 0 Å². The van der Waals surface area contributed by atoms with Crippen LogP contribution in [0.25, 0.3) is 21.8 Å². The molecule has 2 saturated heterocycles. The van der Waals surface area contributed by atoms with Crippen molar-refractivity contribution in [3.63, 3.8) is 0 Å². The highest BCUT2D eigenvalue weighted by Gasteiger charge is 2.42. The molecule has 94 heavy (non-hydrogen) atoms. The predicted molar refractivity (Wildman–Crippen MR) is 351 cm³/mol. The molecule has 0 spiro atoms. The minimum Gasteiger partial charge on any atom is -0.370 e. The lowest BCUT2D eigenvalue weighted by molar-refractivity contribution is -0.142. The first-order valence-corrected chi connectivity index (χ1v) is 32.2. The fourth-order valence-electron chi connectivity index (χ4n) is 11.9. The number of aromatic amines is 2. The molecule has 10 atom stereocenters. The number of rotatable bonds is 19. The molecule has 4 heterocycles. The molecule has 2 aliphatic rings. The summed E-state index contributed by atoms with van der Waals surface area (Å²) in [6, 6.07) is 8.95. The summed E-state index contributed by atoms with van der Waals surface area (Å²) in [5.41, 5.74) is 20.5. The number of carbonyl (C=O) groups excluding carboxylic acids is 12. The number of carbonyl (C=O) groups is 12. The minimum atomic E-state index is -1.81. The summed E-state index contributed by atoms with van der Waals surface area (Å²) in [4.78, 5) is 181. The van der Waals surface area contributed by atoms with Gasteiger partial charge in [0.05, 0.1) is 6.42 Å². The standard InChI is InChI=1S/C67H91N15O12/c1-36(2)28-48-60(87)73-46(22-14-26-68)59(86)81-57(38(5)6)66(93)79-51(31-40-34-71-44-20-12-10-18-42(40)44)63(90)74-47(24-25-55(69)83)58(85)77-52(33-56(70)84)64(91)76-49(29-37(3)4)61(88)80-53(32-41-35-72-45-21-13-11-19-43(41)45)67(94)82-27-15-23-54(82)65(92)78-50(62(89)75-48)30-39-16-8-7-9-17-39/h7-13,16-21,34-38,46-54,57,71-72H,14-15,22-33,68H2,1-6H3,(H2,69,83)(H2,70,84)(H,73,87)(H,74,90)(H,75,89)(H,76,91)(H,77,85)(H,78,92)(H,79,93)(H,80,88)(H,81,86)/t46-,47-,48-,49+,50+,51-,52-,53-,54-,57-/m0/s1. The van der Waals surface area contributed by atoms with Gasteiger partial charge in [-0.15, -0.1) is 0 Å². The molecular weight excluding hydrogens is 1210 g/mol. The van der Waals surface area contributed by atoms with Crippen LogP contribution in [0.4, 0.5) is 0 Å². The van der Waals surface area contributed by atoms with Crippen LogP contribution in [0, 0.1) is 17.8 Å². The van der Waals surface area contributed by atoms with E-state index in [0.29, 0.717) is 34.0 Å². The lowest BCUT2D eigenvalue weighted by Gasteiger charge is -2.32.